The molecule has 1 aliphatic rings. The maximum atomic E-state index is 12.2. The zero-order chi connectivity index (χ0) is 13.7. The molecule has 1 aromatic rings. The van der Waals surface area contributed by atoms with Gasteiger partial charge in [-0.3, -0.25) is 4.79 Å². The lowest BCUT2D eigenvalue weighted by atomic mass is 10.1. The van der Waals surface area contributed by atoms with Gasteiger partial charge in [-0.2, -0.15) is 5.26 Å². The summed E-state index contributed by atoms with van der Waals surface area (Å²) in [5, 5.41) is 8.74. The minimum absolute atomic E-state index is 0.104. The van der Waals surface area contributed by atoms with Gasteiger partial charge in [-0.15, -0.1) is 0 Å². The standard InChI is InChI=1S/C15H18N2O2/c1-12-11-17(7-2-8-19-12)15(18)9-13-3-5-14(10-16)6-4-13/h3-6,12H,2,7-9,11H2,1H3. The summed E-state index contributed by atoms with van der Waals surface area (Å²) in [7, 11) is 0. The molecule has 1 aliphatic heterocycles. The monoisotopic (exact) mass is 258 g/mol. The molecule has 4 heteroatoms. The van der Waals surface area contributed by atoms with Crippen molar-refractivity contribution in [1.82, 2.24) is 4.90 Å². The molecule has 0 aliphatic carbocycles. The van der Waals surface area contributed by atoms with Gasteiger partial charge in [0, 0.05) is 19.7 Å². The van der Waals surface area contributed by atoms with Crippen LogP contribution in [0.5, 0.6) is 0 Å². The fourth-order valence-electron chi connectivity index (χ4n) is 2.20. The van der Waals surface area contributed by atoms with Crippen LogP contribution in [-0.2, 0) is 16.0 Å². The van der Waals surface area contributed by atoms with Crippen LogP contribution in [0.25, 0.3) is 0 Å². The van der Waals surface area contributed by atoms with Gasteiger partial charge in [0.2, 0.25) is 5.91 Å². The van der Waals surface area contributed by atoms with Crippen LogP contribution in [0.2, 0.25) is 0 Å². The zero-order valence-corrected chi connectivity index (χ0v) is 11.1. The van der Waals surface area contributed by atoms with E-state index >= 15 is 0 Å². The van der Waals surface area contributed by atoms with Crippen LogP contribution in [0.15, 0.2) is 24.3 Å². The number of hydrogen-bond donors (Lipinski definition) is 0. The largest absolute Gasteiger partial charge is 0.377 e. The number of amides is 1. The maximum absolute atomic E-state index is 12.2. The SMILES string of the molecule is CC1CN(C(=O)Cc2ccc(C#N)cc2)CCCO1. The van der Waals surface area contributed by atoms with E-state index in [-0.39, 0.29) is 12.0 Å². The second-order valence-electron chi connectivity index (χ2n) is 4.86. The molecule has 2 rings (SSSR count). The van der Waals surface area contributed by atoms with Gasteiger partial charge in [0.15, 0.2) is 0 Å². The summed E-state index contributed by atoms with van der Waals surface area (Å²) in [5.41, 5.74) is 1.56. The molecule has 1 aromatic carbocycles. The number of nitrogens with zero attached hydrogens (tertiary/aromatic N) is 2. The summed E-state index contributed by atoms with van der Waals surface area (Å²) in [5.74, 6) is 0.127. The molecule has 4 nitrogen and oxygen atoms in total. The topological polar surface area (TPSA) is 53.3 Å². The van der Waals surface area contributed by atoms with Crippen molar-refractivity contribution in [1.29, 1.82) is 5.26 Å². The Balaban J connectivity index is 1.97. The predicted octanol–water partition coefficient (Wildman–Crippen LogP) is 1.74. The minimum Gasteiger partial charge on any atom is -0.377 e. The molecule has 1 heterocycles. The molecule has 1 atom stereocenters. The fraction of sp³-hybridized carbons (Fsp3) is 0.467. The van der Waals surface area contributed by atoms with Crippen LogP contribution in [0.1, 0.15) is 24.5 Å². The Labute approximate surface area is 113 Å². The van der Waals surface area contributed by atoms with E-state index < -0.39 is 0 Å². The molecule has 100 valence electrons. The molecule has 0 N–H and O–H groups in total. The van der Waals surface area contributed by atoms with Crippen molar-refractivity contribution < 1.29 is 9.53 Å². The second-order valence-corrected chi connectivity index (χ2v) is 4.86. The highest BCUT2D eigenvalue weighted by molar-refractivity contribution is 5.78. The molecular formula is C15H18N2O2. The Bertz CT molecular complexity index is 476. The van der Waals surface area contributed by atoms with Crippen molar-refractivity contribution in [2.45, 2.75) is 25.9 Å². The van der Waals surface area contributed by atoms with E-state index in [9.17, 15) is 4.79 Å². The summed E-state index contributed by atoms with van der Waals surface area (Å²) >= 11 is 0. The first kappa shape index (κ1) is 13.6. The van der Waals surface area contributed by atoms with E-state index in [2.05, 4.69) is 6.07 Å². The van der Waals surface area contributed by atoms with Gasteiger partial charge in [-0.25, -0.2) is 0 Å². The number of carbonyl (C=O) groups excluding carboxylic acids is 1. The van der Waals surface area contributed by atoms with Crippen molar-refractivity contribution in [3.8, 4) is 6.07 Å². The highest BCUT2D eigenvalue weighted by atomic mass is 16.5. The lowest BCUT2D eigenvalue weighted by Crippen LogP contribution is -2.36. The van der Waals surface area contributed by atoms with Crippen LogP contribution in [0.3, 0.4) is 0 Å². The van der Waals surface area contributed by atoms with Gasteiger partial charge in [0.1, 0.15) is 0 Å². The van der Waals surface area contributed by atoms with E-state index in [1.807, 2.05) is 24.0 Å². The Hall–Kier alpha value is -1.86. The van der Waals surface area contributed by atoms with E-state index in [0.717, 1.165) is 25.1 Å². The molecule has 0 radical (unpaired) electrons. The predicted molar refractivity (Wildman–Crippen MR) is 71.5 cm³/mol. The highest BCUT2D eigenvalue weighted by Gasteiger charge is 2.19. The summed E-state index contributed by atoms with van der Waals surface area (Å²) in [6, 6.07) is 9.25. The van der Waals surface area contributed by atoms with Crippen molar-refractivity contribution in [2.24, 2.45) is 0 Å². The first-order chi connectivity index (χ1) is 9.19. The van der Waals surface area contributed by atoms with Gasteiger partial charge in [0.25, 0.3) is 0 Å². The third kappa shape index (κ3) is 3.80. The third-order valence-corrected chi connectivity index (χ3v) is 3.24. The summed E-state index contributed by atoms with van der Waals surface area (Å²) in [6.45, 7) is 4.14. The number of nitriles is 1. The van der Waals surface area contributed by atoms with Gasteiger partial charge in [-0.1, -0.05) is 12.1 Å². The summed E-state index contributed by atoms with van der Waals surface area (Å²) in [4.78, 5) is 14.1. The van der Waals surface area contributed by atoms with Crippen LogP contribution >= 0.6 is 0 Å². The average Bonchev–Trinajstić information content (AvgIpc) is 2.64. The summed E-state index contributed by atoms with van der Waals surface area (Å²) in [6.07, 6.45) is 1.38. The Morgan fingerprint density at radius 1 is 1.47 bits per heavy atom. The lowest BCUT2D eigenvalue weighted by molar-refractivity contribution is -0.131. The number of ether oxygens (including phenoxy) is 1. The van der Waals surface area contributed by atoms with E-state index in [1.54, 1.807) is 12.1 Å². The molecule has 19 heavy (non-hydrogen) atoms. The number of carbonyl (C=O) groups is 1. The fourth-order valence-corrected chi connectivity index (χ4v) is 2.20. The van der Waals surface area contributed by atoms with E-state index in [1.165, 1.54) is 0 Å². The number of benzene rings is 1. The van der Waals surface area contributed by atoms with Gasteiger partial charge in [-0.05, 0) is 31.0 Å². The van der Waals surface area contributed by atoms with Crippen LogP contribution in [-0.4, -0.2) is 36.6 Å². The minimum atomic E-state index is 0.104. The Morgan fingerprint density at radius 3 is 2.89 bits per heavy atom. The van der Waals surface area contributed by atoms with E-state index in [0.29, 0.717) is 18.5 Å². The highest BCUT2D eigenvalue weighted by Crippen LogP contribution is 2.10. The van der Waals surface area contributed by atoms with Crippen LogP contribution in [0, 0.1) is 11.3 Å². The quantitative estimate of drug-likeness (QED) is 0.812. The first-order valence-corrected chi connectivity index (χ1v) is 6.57. The summed E-state index contributed by atoms with van der Waals surface area (Å²) < 4.78 is 5.53. The molecule has 0 saturated carbocycles. The van der Waals surface area contributed by atoms with Gasteiger partial charge in [0.05, 0.1) is 24.2 Å². The van der Waals surface area contributed by atoms with E-state index in [4.69, 9.17) is 10.00 Å². The number of hydrogen-bond acceptors (Lipinski definition) is 3. The molecule has 1 amide bonds. The molecule has 0 aromatic heterocycles. The van der Waals surface area contributed by atoms with Crippen molar-refractivity contribution in [3.63, 3.8) is 0 Å². The van der Waals surface area contributed by atoms with Gasteiger partial charge < -0.3 is 9.64 Å². The van der Waals surface area contributed by atoms with Gasteiger partial charge >= 0.3 is 0 Å². The Kier molecular flexibility index (Phi) is 4.53. The molecule has 0 spiro atoms. The number of rotatable bonds is 2. The molecule has 0 bridgehead atoms. The first-order valence-electron chi connectivity index (χ1n) is 6.57. The smallest absolute Gasteiger partial charge is 0.227 e. The third-order valence-electron chi connectivity index (χ3n) is 3.24. The van der Waals surface area contributed by atoms with Crippen molar-refractivity contribution >= 4 is 5.91 Å². The molecule has 1 saturated heterocycles. The molecule has 1 fully saturated rings. The van der Waals surface area contributed by atoms with Crippen LogP contribution < -0.4 is 0 Å². The zero-order valence-electron chi connectivity index (χ0n) is 11.1. The lowest BCUT2D eigenvalue weighted by Gasteiger charge is -2.22. The molecule has 1 unspecified atom stereocenters. The Morgan fingerprint density at radius 2 is 2.21 bits per heavy atom. The maximum Gasteiger partial charge on any atom is 0.227 e. The molecular weight excluding hydrogens is 240 g/mol. The second kappa shape index (κ2) is 6.35. The van der Waals surface area contributed by atoms with Crippen molar-refractivity contribution in [2.75, 3.05) is 19.7 Å². The average molecular weight is 258 g/mol. The normalized spacial score (nSPS) is 19.6. The van der Waals surface area contributed by atoms with Crippen LogP contribution in [0.4, 0.5) is 0 Å². The van der Waals surface area contributed by atoms with Crippen molar-refractivity contribution in [3.05, 3.63) is 35.4 Å².